The number of aromatic nitrogens is 1. The van der Waals surface area contributed by atoms with Crippen molar-refractivity contribution in [2.45, 2.75) is 6.92 Å². The third-order valence-electron chi connectivity index (χ3n) is 3.41. The molecule has 0 aliphatic rings. The lowest BCUT2D eigenvalue weighted by Crippen LogP contribution is -2.17. The largest absolute Gasteiger partial charge is 0.436 e. The number of amides is 1. The van der Waals surface area contributed by atoms with Gasteiger partial charge in [-0.25, -0.2) is 4.98 Å². The monoisotopic (exact) mass is 296 g/mol. The third-order valence-corrected chi connectivity index (χ3v) is 3.41. The van der Waals surface area contributed by atoms with E-state index in [0.29, 0.717) is 5.89 Å². The number of ether oxygens (including phenoxy) is 1. The van der Waals surface area contributed by atoms with Crippen LogP contribution in [0.15, 0.2) is 46.9 Å². The number of rotatable bonds is 4. The van der Waals surface area contributed by atoms with Crippen molar-refractivity contribution in [1.29, 1.82) is 0 Å². The molecule has 1 N–H and O–H groups in total. The minimum absolute atomic E-state index is 0.0204. The lowest BCUT2D eigenvalue weighted by Gasteiger charge is -2.10. The second kappa shape index (κ2) is 5.99. The first kappa shape index (κ1) is 14.3. The van der Waals surface area contributed by atoms with Gasteiger partial charge in [0.2, 0.25) is 11.8 Å². The standard InChI is InChI=1S/C17H16N2O3/c1-11-12(6-5-8-13(11)18-16(20)10-21-2)17-19-14-7-3-4-9-15(14)22-17/h3-9H,10H2,1-2H3,(H,18,20). The Morgan fingerprint density at radius 3 is 2.82 bits per heavy atom. The summed E-state index contributed by atoms with van der Waals surface area (Å²) in [6, 6.07) is 13.2. The number of methoxy groups -OCH3 is 1. The SMILES string of the molecule is COCC(=O)Nc1cccc(-c2nc3ccccc3o2)c1C. The van der Waals surface area contributed by atoms with Crippen LogP contribution >= 0.6 is 0 Å². The quantitative estimate of drug-likeness (QED) is 0.801. The molecule has 2 aromatic carbocycles. The van der Waals surface area contributed by atoms with E-state index in [-0.39, 0.29) is 12.5 Å². The number of fused-ring (bicyclic) bond motifs is 1. The second-order valence-electron chi connectivity index (χ2n) is 4.95. The number of hydrogen-bond donors (Lipinski definition) is 1. The van der Waals surface area contributed by atoms with Gasteiger partial charge >= 0.3 is 0 Å². The number of carbonyl (C=O) groups is 1. The van der Waals surface area contributed by atoms with E-state index in [1.165, 1.54) is 7.11 Å². The normalized spacial score (nSPS) is 10.8. The van der Waals surface area contributed by atoms with Gasteiger partial charge in [-0.1, -0.05) is 18.2 Å². The van der Waals surface area contributed by atoms with E-state index in [0.717, 1.165) is 27.9 Å². The van der Waals surface area contributed by atoms with Crippen molar-refractivity contribution in [2.24, 2.45) is 0 Å². The van der Waals surface area contributed by atoms with Crippen LogP contribution in [0.5, 0.6) is 0 Å². The Bertz CT molecular complexity index is 791. The van der Waals surface area contributed by atoms with Crippen LogP contribution in [0.2, 0.25) is 0 Å². The highest BCUT2D eigenvalue weighted by atomic mass is 16.5. The van der Waals surface area contributed by atoms with Crippen LogP contribution in [-0.2, 0) is 9.53 Å². The summed E-state index contributed by atoms with van der Waals surface area (Å²) in [6.45, 7) is 1.94. The Balaban J connectivity index is 1.98. The Morgan fingerprint density at radius 2 is 2.05 bits per heavy atom. The Morgan fingerprint density at radius 1 is 1.23 bits per heavy atom. The van der Waals surface area contributed by atoms with E-state index in [1.807, 2.05) is 49.4 Å². The number of oxazole rings is 1. The number of para-hydroxylation sites is 2. The van der Waals surface area contributed by atoms with Crippen molar-refractivity contribution in [3.8, 4) is 11.5 Å². The van der Waals surface area contributed by atoms with Gasteiger partial charge in [0.15, 0.2) is 5.58 Å². The number of benzene rings is 2. The van der Waals surface area contributed by atoms with Gasteiger partial charge < -0.3 is 14.5 Å². The summed E-state index contributed by atoms with van der Waals surface area (Å²) in [7, 11) is 1.49. The Hall–Kier alpha value is -2.66. The van der Waals surface area contributed by atoms with Gasteiger partial charge in [-0.05, 0) is 36.8 Å². The molecule has 0 saturated carbocycles. The molecule has 0 fully saturated rings. The zero-order valence-electron chi connectivity index (χ0n) is 12.4. The van der Waals surface area contributed by atoms with Gasteiger partial charge in [-0.15, -0.1) is 0 Å². The smallest absolute Gasteiger partial charge is 0.250 e. The summed E-state index contributed by atoms with van der Waals surface area (Å²) in [4.78, 5) is 16.2. The minimum Gasteiger partial charge on any atom is -0.436 e. The Labute approximate surface area is 127 Å². The van der Waals surface area contributed by atoms with Crippen LogP contribution < -0.4 is 5.32 Å². The predicted molar refractivity (Wildman–Crippen MR) is 84.7 cm³/mol. The van der Waals surface area contributed by atoms with Crippen LogP contribution in [0.1, 0.15) is 5.56 Å². The number of hydrogen-bond acceptors (Lipinski definition) is 4. The molecule has 0 atom stereocenters. The van der Waals surface area contributed by atoms with Crippen LogP contribution in [0, 0.1) is 6.92 Å². The van der Waals surface area contributed by atoms with Crippen LogP contribution in [0.25, 0.3) is 22.6 Å². The zero-order valence-corrected chi connectivity index (χ0v) is 12.4. The maximum atomic E-state index is 11.7. The topological polar surface area (TPSA) is 64.4 Å². The predicted octanol–water partition coefficient (Wildman–Crippen LogP) is 3.39. The highest BCUT2D eigenvalue weighted by Crippen LogP contribution is 2.30. The van der Waals surface area contributed by atoms with Crippen LogP contribution in [-0.4, -0.2) is 24.6 Å². The summed E-state index contributed by atoms with van der Waals surface area (Å²) in [5.74, 6) is 0.349. The van der Waals surface area contributed by atoms with E-state index in [9.17, 15) is 4.79 Å². The summed E-state index contributed by atoms with van der Waals surface area (Å²) >= 11 is 0. The fourth-order valence-electron chi connectivity index (χ4n) is 2.31. The van der Waals surface area contributed by atoms with Crippen molar-refractivity contribution in [3.63, 3.8) is 0 Å². The van der Waals surface area contributed by atoms with E-state index < -0.39 is 0 Å². The molecule has 22 heavy (non-hydrogen) atoms. The molecule has 0 aliphatic carbocycles. The van der Waals surface area contributed by atoms with E-state index in [2.05, 4.69) is 10.3 Å². The van der Waals surface area contributed by atoms with Crippen molar-refractivity contribution >= 4 is 22.7 Å². The number of nitrogens with one attached hydrogen (secondary N) is 1. The average molecular weight is 296 g/mol. The molecule has 0 unspecified atom stereocenters. The fourth-order valence-corrected chi connectivity index (χ4v) is 2.31. The van der Waals surface area contributed by atoms with Crippen LogP contribution in [0.4, 0.5) is 5.69 Å². The molecule has 0 spiro atoms. The molecule has 0 saturated heterocycles. The van der Waals surface area contributed by atoms with Crippen molar-refractivity contribution in [3.05, 3.63) is 48.0 Å². The maximum absolute atomic E-state index is 11.7. The molecular weight excluding hydrogens is 280 g/mol. The summed E-state index contributed by atoms with van der Waals surface area (Å²) in [5.41, 5.74) is 4.03. The van der Waals surface area contributed by atoms with Crippen molar-refractivity contribution < 1.29 is 13.9 Å². The van der Waals surface area contributed by atoms with E-state index >= 15 is 0 Å². The van der Waals surface area contributed by atoms with Gasteiger partial charge in [-0.2, -0.15) is 0 Å². The molecule has 3 rings (SSSR count). The molecule has 112 valence electrons. The van der Waals surface area contributed by atoms with Gasteiger partial charge in [0.25, 0.3) is 0 Å². The molecule has 0 aliphatic heterocycles. The Kier molecular flexibility index (Phi) is 3.89. The van der Waals surface area contributed by atoms with Gasteiger partial charge in [-0.3, -0.25) is 4.79 Å². The first-order valence-corrected chi connectivity index (χ1v) is 6.93. The molecular formula is C17H16N2O3. The molecule has 0 radical (unpaired) electrons. The molecule has 5 heteroatoms. The third kappa shape index (κ3) is 2.71. The minimum atomic E-state index is -0.194. The number of anilines is 1. The molecule has 1 aromatic heterocycles. The van der Waals surface area contributed by atoms with Crippen molar-refractivity contribution in [1.82, 2.24) is 4.98 Å². The van der Waals surface area contributed by atoms with Gasteiger partial charge in [0.1, 0.15) is 12.1 Å². The lowest BCUT2D eigenvalue weighted by molar-refractivity contribution is -0.119. The molecule has 0 bridgehead atoms. The molecule has 5 nitrogen and oxygen atoms in total. The first-order chi connectivity index (χ1) is 10.7. The van der Waals surface area contributed by atoms with Crippen LogP contribution in [0.3, 0.4) is 0 Å². The lowest BCUT2D eigenvalue weighted by atomic mass is 10.1. The van der Waals surface area contributed by atoms with E-state index in [1.54, 1.807) is 0 Å². The van der Waals surface area contributed by atoms with Crippen molar-refractivity contribution in [2.75, 3.05) is 19.0 Å². The average Bonchev–Trinajstić information content (AvgIpc) is 2.93. The fraction of sp³-hybridized carbons (Fsp3) is 0.176. The molecule has 3 aromatic rings. The maximum Gasteiger partial charge on any atom is 0.250 e. The number of carbonyl (C=O) groups excluding carboxylic acids is 1. The summed E-state index contributed by atoms with van der Waals surface area (Å²) in [5, 5.41) is 2.82. The summed E-state index contributed by atoms with van der Waals surface area (Å²) in [6.07, 6.45) is 0. The first-order valence-electron chi connectivity index (χ1n) is 6.93. The highest BCUT2D eigenvalue weighted by molar-refractivity contribution is 5.93. The zero-order chi connectivity index (χ0) is 15.5. The summed E-state index contributed by atoms with van der Waals surface area (Å²) < 4.78 is 10.6. The van der Waals surface area contributed by atoms with E-state index in [4.69, 9.17) is 9.15 Å². The van der Waals surface area contributed by atoms with Gasteiger partial charge in [0, 0.05) is 18.4 Å². The highest BCUT2D eigenvalue weighted by Gasteiger charge is 2.13. The molecule has 1 amide bonds. The second-order valence-corrected chi connectivity index (χ2v) is 4.95. The number of nitrogens with zero attached hydrogens (tertiary/aromatic N) is 1. The molecule has 1 heterocycles. The van der Waals surface area contributed by atoms with Gasteiger partial charge in [0.05, 0.1) is 0 Å².